The van der Waals surface area contributed by atoms with Crippen molar-refractivity contribution in [1.82, 2.24) is 10.5 Å². The van der Waals surface area contributed by atoms with E-state index in [1.54, 1.807) is 0 Å². The molecule has 0 bridgehead atoms. The van der Waals surface area contributed by atoms with Gasteiger partial charge in [0.05, 0.1) is 12.2 Å². The normalized spacial score (nSPS) is 10.6. The Labute approximate surface area is 141 Å². The quantitative estimate of drug-likeness (QED) is 0.777. The van der Waals surface area contributed by atoms with Crippen LogP contribution in [0.15, 0.2) is 59.1 Å². The Hall–Kier alpha value is -2.88. The van der Waals surface area contributed by atoms with Crippen LogP contribution >= 0.6 is 0 Å². The van der Waals surface area contributed by atoms with Gasteiger partial charge >= 0.3 is 0 Å². The van der Waals surface area contributed by atoms with Crippen LogP contribution in [0.1, 0.15) is 38.5 Å². The third kappa shape index (κ3) is 4.10. The van der Waals surface area contributed by atoms with E-state index in [9.17, 15) is 4.79 Å². The van der Waals surface area contributed by atoms with Gasteiger partial charge in [-0.1, -0.05) is 52.7 Å². The fraction of sp³-hybridized carbons (Fsp3) is 0.200. The minimum absolute atomic E-state index is 0.119. The lowest BCUT2D eigenvalue weighted by Gasteiger charge is -2.03. The highest BCUT2D eigenvalue weighted by molar-refractivity contribution is 5.94. The fourth-order valence-corrected chi connectivity index (χ4v) is 2.41. The van der Waals surface area contributed by atoms with Crippen molar-refractivity contribution in [3.05, 3.63) is 88.3 Å². The summed E-state index contributed by atoms with van der Waals surface area (Å²) in [7, 11) is 0. The number of hydrogen-bond acceptors (Lipinski definition) is 3. The van der Waals surface area contributed by atoms with Crippen LogP contribution in [-0.4, -0.2) is 11.1 Å². The van der Waals surface area contributed by atoms with E-state index in [0.29, 0.717) is 17.9 Å². The van der Waals surface area contributed by atoms with Gasteiger partial charge in [-0.05, 0) is 31.5 Å². The van der Waals surface area contributed by atoms with E-state index >= 15 is 0 Å². The lowest BCUT2D eigenvalue weighted by molar-refractivity contribution is 0.0947. The van der Waals surface area contributed by atoms with E-state index in [1.165, 1.54) is 11.1 Å². The van der Waals surface area contributed by atoms with E-state index in [1.807, 2.05) is 37.3 Å². The van der Waals surface area contributed by atoms with Crippen molar-refractivity contribution in [3.8, 4) is 0 Å². The number of nitrogens with one attached hydrogen (secondary N) is 1. The van der Waals surface area contributed by atoms with Crippen molar-refractivity contribution in [3.63, 3.8) is 0 Å². The maximum absolute atomic E-state index is 12.1. The number of benzene rings is 2. The maximum atomic E-state index is 12.1. The van der Waals surface area contributed by atoms with Crippen LogP contribution in [0.2, 0.25) is 0 Å². The standard InChI is InChI=1S/C20H20N2O2/c1-14-3-7-16(8-4-14)11-18-12-19(24-22-18)13-21-20(23)17-9-5-15(2)6-10-17/h3-10,12H,11,13H2,1-2H3,(H,21,23). The van der Waals surface area contributed by atoms with Gasteiger partial charge in [-0.25, -0.2) is 0 Å². The lowest BCUT2D eigenvalue weighted by Crippen LogP contribution is -2.22. The monoisotopic (exact) mass is 320 g/mol. The summed E-state index contributed by atoms with van der Waals surface area (Å²) in [6.07, 6.45) is 0.718. The molecule has 3 rings (SSSR count). The number of aromatic nitrogens is 1. The van der Waals surface area contributed by atoms with Gasteiger partial charge in [0, 0.05) is 18.1 Å². The van der Waals surface area contributed by atoms with Crippen LogP contribution in [0.25, 0.3) is 0 Å². The number of hydrogen-bond donors (Lipinski definition) is 1. The summed E-state index contributed by atoms with van der Waals surface area (Å²) in [5.74, 6) is 0.532. The summed E-state index contributed by atoms with van der Waals surface area (Å²) in [5.41, 5.74) is 5.04. The van der Waals surface area contributed by atoms with Crippen molar-refractivity contribution in [2.24, 2.45) is 0 Å². The van der Waals surface area contributed by atoms with Crippen LogP contribution in [-0.2, 0) is 13.0 Å². The molecule has 1 N–H and O–H groups in total. The molecule has 0 unspecified atom stereocenters. The molecule has 1 heterocycles. The molecule has 0 aliphatic carbocycles. The average molecular weight is 320 g/mol. The predicted molar refractivity (Wildman–Crippen MR) is 92.8 cm³/mol. The largest absolute Gasteiger partial charge is 0.359 e. The van der Waals surface area contributed by atoms with Crippen molar-refractivity contribution in [2.45, 2.75) is 26.8 Å². The molecule has 0 fully saturated rings. The van der Waals surface area contributed by atoms with E-state index in [2.05, 4.69) is 41.7 Å². The highest BCUT2D eigenvalue weighted by atomic mass is 16.5. The number of amides is 1. The van der Waals surface area contributed by atoms with Crippen molar-refractivity contribution in [1.29, 1.82) is 0 Å². The molecule has 24 heavy (non-hydrogen) atoms. The Kier molecular flexibility index (Phi) is 4.75. The van der Waals surface area contributed by atoms with Crippen LogP contribution in [0, 0.1) is 13.8 Å². The second kappa shape index (κ2) is 7.13. The molecule has 4 heteroatoms. The first kappa shape index (κ1) is 16.0. The van der Waals surface area contributed by atoms with Crippen molar-refractivity contribution in [2.75, 3.05) is 0 Å². The number of carbonyl (C=O) groups is 1. The third-order valence-electron chi connectivity index (χ3n) is 3.85. The average Bonchev–Trinajstić information content (AvgIpc) is 3.03. The van der Waals surface area contributed by atoms with Crippen LogP contribution in [0.3, 0.4) is 0 Å². The first-order valence-corrected chi connectivity index (χ1v) is 7.95. The van der Waals surface area contributed by atoms with E-state index in [-0.39, 0.29) is 5.91 Å². The molecule has 1 aromatic heterocycles. The van der Waals surface area contributed by atoms with Gasteiger partial charge in [-0.15, -0.1) is 0 Å². The molecule has 0 saturated carbocycles. The van der Waals surface area contributed by atoms with Gasteiger partial charge in [-0.3, -0.25) is 4.79 Å². The summed E-state index contributed by atoms with van der Waals surface area (Å²) < 4.78 is 5.30. The molecule has 0 atom stereocenters. The molecule has 3 aromatic rings. The second-order valence-electron chi connectivity index (χ2n) is 6.00. The Morgan fingerprint density at radius 1 is 1.00 bits per heavy atom. The van der Waals surface area contributed by atoms with E-state index in [0.717, 1.165) is 17.7 Å². The molecular weight excluding hydrogens is 300 g/mol. The Bertz CT molecular complexity index is 818. The van der Waals surface area contributed by atoms with Gasteiger partial charge in [0.25, 0.3) is 5.91 Å². The van der Waals surface area contributed by atoms with Crippen LogP contribution in [0.4, 0.5) is 0 Å². The Morgan fingerprint density at radius 3 is 2.29 bits per heavy atom. The van der Waals surface area contributed by atoms with Gasteiger partial charge < -0.3 is 9.84 Å². The molecule has 122 valence electrons. The highest BCUT2D eigenvalue weighted by Crippen LogP contribution is 2.11. The molecule has 0 radical (unpaired) electrons. The van der Waals surface area contributed by atoms with Gasteiger partial charge in [-0.2, -0.15) is 0 Å². The first-order valence-electron chi connectivity index (χ1n) is 7.95. The zero-order valence-corrected chi connectivity index (χ0v) is 13.9. The summed E-state index contributed by atoms with van der Waals surface area (Å²) in [6, 6.07) is 17.7. The van der Waals surface area contributed by atoms with Crippen molar-refractivity contribution < 1.29 is 9.32 Å². The van der Waals surface area contributed by atoms with Gasteiger partial charge in [0.2, 0.25) is 0 Å². The summed E-state index contributed by atoms with van der Waals surface area (Å²) in [6.45, 7) is 4.38. The first-order chi connectivity index (χ1) is 11.6. The number of aryl methyl sites for hydroxylation is 2. The van der Waals surface area contributed by atoms with E-state index in [4.69, 9.17) is 4.52 Å². The van der Waals surface area contributed by atoms with Crippen molar-refractivity contribution >= 4 is 5.91 Å². The number of nitrogens with zero attached hydrogens (tertiary/aromatic N) is 1. The topological polar surface area (TPSA) is 55.1 Å². The Morgan fingerprint density at radius 2 is 1.62 bits per heavy atom. The molecule has 0 aliphatic heterocycles. The highest BCUT2D eigenvalue weighted by Gasteiger charge is 2.09. The SMILES string of the molecule is Cc1ccc(Cc2cc(CNC(=O)c3ccc(C)cc3)on2)cc1. The van der Waals surface area contributed by atoms with E-state index < -0.39 is 0 Å². The minimum atomic E-state index is -0.119. The maximum Gasteiger partial charge on any atom is 0.251 e. The molecule has 1 amide bonds. The smallest absolute Gasteiger partial charge is 0.251 e. The lowest BCUT2D eigenvalue weighted by atomic mass is 10.1. The zero-order chi connectivity index (χ0) is 16.9. The number of rotatable bonds is 5. The molecule has 0 aliphatic rings. The molecule has 0 spiro atoms. The van der Waals surface area contributed by atoms with Gasteiger partial charge in [0.15, 0.2) is 5.76 Å². The predicted octanol–water partition coefficient (Wildman–Crippen LogP) is 3.81. The molecular formula is C20H20N2O2. The number of carbonyl (C=O) groups excluding carboxylic acids is 1. The van der Waals surface area contributed by atoms with Crippen LogP contribution < -0.4 is 5.32 Å². The third-order valence-corrected chi connectivity index (χ3v) is 3.85. The van der Waals surface area contributed by atoms with Gasteiger partial charge in [0.1, 0.15) is 0 Å². The summed E-state index contributed by atoms with van der Waals surface area (Å²) in [4.78, 5) is 12.1. The van der Waals surface area contributed by atoms with Crippen LogP contribution in [0.5, 0.6) is 0 Å². The minimum Gasteiger partial charge on any atom is -0.359 e. The Balaban J connectivity index is 1.56. The molecule has 0 saturated heterocycles. The molecule has 2 aromatic carbocycles. The summed E-state index contributed by atoms with van der Waals surface area (Å²) >= 11 is 0. The second-order valence-corrected chi connectivity index (χ2v) is 6.00. The summed E-state index contributed by atoms with van der Waals surface area (Å²) in [5, 5.41) is 6.92. The molecule has 4 nitrogen and oxygen atoms in total. The zero-order valence-electron chi connectivity index (χ0n) is 13.9. The fourth-order valence-electron chi connectivity index (χ4n) is 2.41.